The number of halogens is 1. The molecule has 0 aliphatic heterocycles. The molecule has 1 aliphatic carbocycles. The van der Waals surface area contributed by atoms with Gasteiger partial charge in [-0.2, -0.15) is 0 Å². The second-order valence-corrected chi connectivity index (χ2v) is 2.52. The van der Waals surface area contributed by atoms with Crippen LogP contribution in [0, 0.1) is 18.3 Å². The minimum absolute atomic E-state index is 0.893. The van der Waals surface area contributed by atoms with Gasteiger partial charge in [0, 0.05) is 5.33 Å². The molecule has 0 nitrogen and oxygen atoms in total. The predicted molar refractivity (Wildman–Crippen MR) is 30.7 cm³/mol. The predicted octanol–water partition coefficient (Wildman–Crippen LogP) is 1.85. The van der Waals surface area contributed by atoms with Gasteiger partial charge in [0.05, 0.1) is 0 Å². The smallest absolute Gasteiger partial charge is 0.00651 e. The lowest BCUT2D eigenvalue weighted by molar-refractivity contribution is 0.850. The minimum atomic E-state index is 0.893. The molecular weight excluding hydrogens is 140 g/mol. The fourth-order valence-electron chi connectivity index (χ4n) is 0.518. The monoisotopic (exact) mass is 147 g/mol. The fourth-order valence-corrected chi connectivity index (χ4v) is 1.32. The van der Waals surface area contributed by atoms with Gasteiger partial charge in [-0.3, -0.25) is 0 Å². The quantitative estimate of drug-likeness (QED) is 0.498. The van der Waals surface area contributed by atoms with Gasteiger partial charge in [-0.05, 0) is 18.3 Å². The molecular formula is C5H8Br. The molecule has 0 aromatic carbocycles. The van der Waals surface area contributed by atoms with Crippen molar-refractivity contribution in [3.05, 3.63) is 6.42 Å². The summed E-state index contributed by atoms with van der Waals surface area (Å²) < 4.78 is 0. The van der Waals surface area contributed by atoms with Gasteiger partial charge < -0.3 is 0 Å². The van der Waals surface area contributed by atoms with Gasteiger partial charge >= 0.3 is 0 Å². The van der Waals surface area contributed by atoms with E-state index >= 15 is 0 Å². The van der Waals surface area contributed by atoms with Crippen molar-refractivity contribution in [3.63, 3.8) is 0 Å². The standard InChI is InChI=1S/C5H8Br/c1-4-2-5(4)3-6/h2,4-5H,3H2,1H3. The molecule has 0 amide bonds. The largest absolute Gasteiger partial charge is 0.0925 e. The van der Waals surface area contributed by atoms with E-state index in [0.29, 0.717) is 0 Å². The molecule has 0 N–H and O–H groups in total. The van der Waals surface area contributed by atoms with Crippen molar-refractivity contribution < 1.29 is 0 Å². The Hall–Kier alpha value is 0.480. The van der Waals surface area contributed by atoms with Gasteiger partial charge in [-0.15, -0.1) is 0 Å². The molecule has 1 heteroatoms. The van der Waals surface area contributed by atoms with Crippen molar-refractivity contribution in [3.8, 4) is 0 Å². The Morgan fingerprint density at radius 2 is 2.33 bits per heavy atom. The highest BCUT2D eigenvalue weighted by Gasteiger charge is 2.31. The summed E-state index contributed by atoms with van der Waals surface area (Å²) in [6, 6.07) is 0. The summed E-state index contributed by atoms with van der Waals surface area (Å²) >= 11 is 3.39. The maximum absolute atomic E-state index is 3.39. The van der Waals surface area contributed by atoms with Gasteiger partial charge in [0.2, 0.25) is 0 Å². The Morgan fingerprint density at radius 1 is 1.83 bits per heavy atom. The van der Waals surface area contributed by atoms with E-state index in [0.717, 1.165) is 17.2 Å². The average Bonchev–Trinajstić information content (AvgIpc) is 2.19. The zero-order chi connectivity index (χ0) is 4.57. The van der Waals surface area contributed by atoms with E-state index < -0.39 is 0 Å². The highest BCUT2D eigenvalue weighted by molar-refractivity contribution is 9.09. The third kappa shape index (κ3) is 0.754. The van der Waals surface area contributed by atoms with Crippen LogP contribution in [-0.2, 0) is 0 Å². The van der Waals surface area contributed by atoms with Crippen LogP contribution in [0.4, 0.5) is 0 Å². The highest BCUT2D eigenvalue weighted by Crippen LogP contribution is 2.37. The van der Waals surface area contributed by atoms with Crippen molar-refractivity contribution in [1.82, 2.24) is 0 Å². The molecule has 0 saturated heterocycles. The molecule has 0 bridgehead atoms. The molecule has 0 aromatic heterocycles. The Bertz CT molecular complexity index is 49.9. The maximum Gasteiger partial charge on any atom is 0.00651 e. The Balaban J connectivity index is 2.09. The average molecular weight is 148 g/mol. The Kier molecular flexibility index (Phi) is 1.18. The number of hydrogen-bond acceptors (Lipinski definition) is 0. The van der Waals surface area contributed by atoms with Crippen LogP contribution < -0.4 is 0 Å². The summed E-state index contributed by atoms with van der Waals surface area (Å²) in [6.45, 7) is 2.24. The van der Waals surface area contributed by atoms with Crippen molar-refractivity contribution in [2.24, 2.45) is 11.8 Å². The first-order chi connectivity index (χ1) is 2.84. The first-order valence-electron chi connectivity index (χ1n) is 2.25. The molecule has 0 spiro atoms. The second-order valence-electron chi connectivity index (χ2n) is 1.87. The van der Waals surface area contributed by atoms with Crippen LogP contribution in [0.25, 0.3) is 0 Å². The van der Waals surface area contributed by atoms with Crippen LogP contribution in [0.2, 0.25) is 0 Å². The number of rotatable bonds is 1. The van der Waals surface area contributed by atoms with Crippen LogP contribution in [-0.4, -0.2) is 5.33 Å². The van der Waals surface area contributed by atoms with Crippen LogP contribution >= 0.6 is 15.9 Å². The SMILES string of the molecule is CC1[CH]C1CBr. The molecule has 0 heterocycles. The van der Waals surface area contributed by atoms with E-state index in [4.69, 9.17) is 0 Å². The lowest BCUT2D eigenvalue weighted by atomic mass is 10.4. The van der Waals surface area contributed by atoms with Gasteiger partial charge in [-0.1, -0.05) is 22.9 Å². The molecule has 1 radical (unpaired) electrons. The van der Waals surface area contributed by atoms with Crippen molar-refractivity contribution >= 4 is 15.9 Å². The second kappa shape index (κ2) is 1.53. The molecule has 1 saturated carbocycles. The lowest BCUT2D eigenvalue weighted by Crippen LogP contribution is -1.73. The topological polar surface area (TPSA) is 0 Å². The lowest BCUT2D eigenvalue weighted by Gasteiger charge is -1.77. The number of hydrogen-bond donors (Lipinski definition) is 0. The van der Waals surface area contributed by atoms with E-state index in [1.165, 1.54) is 0 Å². The third-order valence-corrected chi connectivity index (χ3v) is 2.01. The van der Waals surface area contributed by atoms with Crippen LogP contribution in [0.1, 0.15) is 6.92 Å². The van der Waals surface area contributed by atoms with E-state index in [9.17, 15) is 0 Å². The van der Waals surface area contributed by atoms with Gasteiger partial charge in [0.15, 0.2) is 0 Å². The number of alkyl halides is 1. The first kappa shape index (κ1) is 4.63. The van der Waals surface area contributed by atoms with E-state index in [1.54, 1.807) is 0 Å². The molecule has 2 atom stereocenters. The molecule has 1 aliphatic rings. The molecule has 0 aromatic rings. The van der Waals surface area contributed by atoms with Crippen molar-refractivity contribution in [2.75, 3.05) is 5.33 Å². The Morgan fingerprint density at radius 3 is 2.33 bits per heavy atom. The molecule has 35 valence electrons. The molecule has 1 fully saturated rings. The fraction of sp³-hybridized carbons (Fsp3) is 0.800. The minimum Gasteiger partial charge on any atom is -0.0925 e. The van der Waals surface area contributed by atoms with Crippen molar-refractivity contribution in [1.29, 1.82) is 0 Å². The van der Waals surface area contributed by atoms with Gasteiger partial charge in [0.25, 0.3) is 0 Å². The summed E-state index contributed by atoms with van der Waals surface area (Å²) in [5, 5.41) is 1.16. The maximum atomic E-state index is 3.39. The highest BCUT2D eigenvalue weighted by atomic mass is 79.9. The summed E-state index contributed by atoms with van der Waals surface area (Å²) in [6.07, 6.45) is 2.34. The van der Waals surface area contributed by atoms with E-state index in [1.807, 2.05) is 0 Å². The molecule has 1 rings (SSSR count). The summed E-state index contributed by atoms with van der Waals surface area (Å²) in [7, 11) is 0. The van der Waals surface area contributed by atoms with Crippen molar-refractivity contribution in [2.45, 2.75) is 6.92 Å². The normalized spacial score (nSPS) is 43.0. The third-order valence-electron chi connectivity index (χ3n) is 1.26. The van der Waals surface area contributed by atoms with E-state index in [2.05, 4.69) is 29.3 Å². The summed E-state index contributed by atoms with van der Waals surface area (Å²) in [4.78, 5) is 0. The zero-order valence-corrected chi connectivity index (χ0v) is 5.40. The van der Waals surface area contributed by atoms with Gasteiger partial charge in [0.1, 0.15) is 0 Å². The van der Waals surface area contributed by atoms with Crippen LogP contribution in [0.5, 0.6) is 0 Å². The zero-order valence-electron chi connectivity index (χ0n) is 3.82. The molecule has 6 heavy (non-hydrogen) atoms. The first-order valence-corrected chi connectivity index (χ1v) is 3.37. The summed E-state index contributed by atoms with van der Waals surface area (Å²) in [5.74, 6) is 1.79. The summed E-state index contributed by atoms with van der Waals surface area (Å²) in [5.41, 5.74) is 0. The molecule has 2 unspecified atom stereocenters. The van der Waals surface area contributed by atoms with E-state index in [-0.39, 0.29) is 0 Å². The van der Waals surface area contributed by atoms with Gasteiger partial charge in [-0.25, -0.2) is 0 Å². The van der Waals surface area contributed by atoms with Crippen LogP contribution in [0.15, 0.2) is 0 Å². The Labute approximate surface area is 47.1 Å². The van der Waals surface area contributed by atoms with Crippen LogP contribution in [0.3, 0.4) is 0 Å².